The highest BCUT2D eigenvalue weighted by molar-refractivity contribution is 6.33. The van der Waals surface area contributed by atoms with Gasteiger partial charge in [-0.25, -0.2) is 0 Å². The van der Waals surface area contributed by atoms with Crippen LogP contribution in [0.3, 0.4) is 0 Å². The number of hydrogen-bond acceptors (Lipinski definition) is 3. The normalized spacial score (nSPS) is 19.8. The van der Waals surface area contributed by atoms with E-state index >= 15 is 0 Å². The van der Waals surface area contributed by atoms with Crippen LogP contribution in [0, 0.1) is 13.8 Å². The van der Waals surface area contributed by atoms with Crippen LogP contribution in [0.5, 0.6) is 0 Å². The van der Waals surface area contributed by atoms with E-state index in [1.54, 1.807) is 0 Å². The molecular weight excluding hydrogens is 248 g/mol. The zero-order chi connectivity index (χ0) is 13.0. The van der Waals surface area contributed by atoms with Crippen molar-refractivity contribution in [1.82, 2.24) is 5.32 Å². The largest absolute Gasteiger partial charge is 0.384 e. The highest BCUT2D eigenvalue weighted by Gasteiger charge is 2.13. The van der Waals surface area contributed by atoms with E-state index in [-0.39, 0.29) is 0 Å². The number of halogens is 1. The summed E-state index contributed by atoms with van der Waals surface area (Å²) < 4.78 is 5.66. The second-order valence-corrected chi connectivity index (χ2v) is 5.26. The Bertz CT molecular complexity index is 380. The first-order valence-corrected chi connectivity index (χ1v) is 6.87. The zero-order valence-electron chi connectivity index (χ0n) is 11.1. The van der Waals surface area contributed by atoms with Gasteiger partial charge in [-0.3, -0.25) is 0 Å². The van der Waals surface area contributed by atoms with E-state index in [9.17, 15) is 0 Å². The van der Waals surface area contributed by atoms with Gasteiger partial charge in [0.1, 0.15) is 0 Å². The van der Waals surface area contributed by atoms with Gasteiger partial charge in [-0.1, -0.05) is 17.7 Å². The molecule has 0 bridgehead atoms. The molecule has 1 fully saturated rings. The van der Waals surface area contributed by atoms with Crippen molar-refractivity contribution in [2.45, 2.75) is 26.4 Å². The van der Waals surface area contributed by atoms with E-state index in [4.69, 9.17) is 16.3 Å². The van der Waals surface area contributed by atoms with E-state index in [0.717, 1.165) is 43.4 Å². The lowest BCUT2D eigenvalue weighted by molar-refractivity contribution is 0.0258. The fraction of sp³-hybridized carbons (Fsp3) is 0.571. The van der Waals surface area contributed by atoms with Crippen LogP contribution in [-0.4, -0.2) is 32.3 Å². The van der Waals surface area contributed by atoms with Gasteiger partial charge in [0, 0.05) is 19.6 Å². The Labute approximate surface area is 114 Å². The second kappa shape index (κ2) is 6.41. The minimum absolute atomic E-state index is 0.316. The van der Waals surface area contributed by atoms with Crippen molar-refractivity contribution in [3.63, 3.8) is 0 Å². The molecule has 3 nitrogen and oxygen atoms in total. The first-order chi connectivity index (χ1) is 8.66. The van der Waals surface area contributed by atoms with Gasteiger partial charge in [0.2, 0.25) is 0 Å². The Balaban J connectivity index is 1.86. The number of aryl methyl sites for hydroxylation is 2. The molecule has 0 aromatic heterocycles. The molecule has 0 radical (unpaired) electrons. The molecule has 2 N–H and O–H groups in total. The van der Waals surface area contributed by atoms with Crippen molar-refractivity contribution in [2.75, 3.05) is 31.6 Å². The summed E-state index contributed by atoms with van der Waals surface area (Å²) in [5.41, 5.74) is 3.44. The van der Waals surface area contributed by atoms with Crippen molar-refractivity contribution in [3.8, 4) is 0 Å². The molecule has 1 aromatic rings. The predicted octanol–water partition coefficient (Wildman–Crippen LogP) is 2.75. The van der Waals surface area contributed by atoms with E-state index in [1.165, 1.54) is 11.1 Å². The van der Waals surface area contributed by atoms with Crippen molar-refractivity contribution in [1.29, 1.82) is 0 Å². The van der Waals surface area contributed by atoms with Crippen LogP contribution in [0.4, 0.5) is 5.69 Å². The highest BCUT2D eigenvalue weighted by atomic mass is 35.5. The van der Waals surface area contributed by atoms with E-state index < -0.39 is 0 Å². The summed E-state index contributed by atoms with van der Waals surface area (Å²) in [4.78, 5) is 0. The van der Waals surface area contributed by atoms with Gasteiger partial charge in [-0.2, -0.15) is 0 Å². The molecule has 1 aromatic carbocycles. The average Bonchev–Trinajstić information content (AvgIpc) is 2.34. The molecule has 1 atom stereocenters. The molecule has 0 saturated carbocycles. The minimum atomic E-state index is 0.316. The molecule has 18 heavy (non-hydrogen) atoms. The standard InChI is InChI=1S/C14H21ClN2O/c1-10-7-11(2)14(13(15)8-10)17-4-3-12-9-16-5-6-18-12/h7-8,12,16-17H,3-6,9H2,1-2H3. The van der Waals surface area contributed by atoms with Gasteiger partial charge in [0.15, 0.2) is 0 Å². The number of ether oxygens (including phenoxy) is 1. The summed E-state index contributed by atoms with van der Waals surface area (Å²) >= 11 is 6.25. The van der Waals surface area contributed by atoms with Gasteiger partial charge < -0.3 is 15.4 Å². The maximum Gasteiger partial charge on any atom is 0.0716 e. The van der Waals surface area contributed by atoms with Gasteiger partial charge in [-0.15, -0.1) is 0 Å². The molecular formula is C14H21ClN2O. The lowest BCUT2D eigenvalue weighted by Gasteiger charge is -2.24. The molecule has 1 saturated heterocycles. The van der Waals surface area contributed by atoms with Crippen molar-refractivity contribution in [2.24, 2.45) is 0 Å². The summed E-state index contributed by atoms with van der Waals surface area (Å²) in [5, 5.41) is 7.55. The van der Waals surface area contributed by atoms with E-state index in [0.29, 0.717) is 6.10 Å². The van der Waals surface area contributed by atoms with Crippen LogP contribution < -0.4 is 10.6 Å². The quantitative estimate of drug-likeness (QED) is 0.881. The molecule has 2 rings (SSSR count). The third kappa shape index (κ3) is 3.61. The maximum atomic E-state index is 6.25. The Kier molecular flexibility index (Phi) is 4.87. The van der Waals surface area contributed by atoms with E-state index in [1.807, 2.05) is 6.07 Å². The summed E-state index contributed by atoms with van der Waals surface area (Å²) in [6.45, 7) is 7.75. The summed E-state index contributed by atoms with van der Waals surface area (Å²) in [5.74, 6) is 0. The first-order valence-electron chi connectivity index (χ1n) is 6.50. The van der Waals surface area contributed by atoms with Crippen LogP contribution >= 0.6 is 11.6 Å². The molecule has 1 unspecified atom stereocenters. The average molecular weight is 269 g/mol. The van der Waals surface area contributed by atoms with Gasteiger partial charge in [0.25, 0.3) is 0 Å². The first kappa shape index (κ1) is 13.7. The number of morpholine rings is 1. The number of hydrogen-bond donors (Lipinski definition) is 2. The van der Waals surface area contributed by atoms with Crippen LogP contribution in [0.2, 0.25) is 5.02 Å². The highest BCUT2D eigenvalue weighted by Crippen LogP contribution is 2.27. The molecule has 1 heterocycles. The third-order valence-corrected chi connectivity index (χ3v) is 3.50. The number of nitrogens with one attached hydrogen (secondary N) is 2. The molecule has 1 aliphatic heterocycles. The monoisotopic (exact) mass is 268 g/mol. The number of anilines is 1. The molecule has 0 aliphatic carbocycles. The van der Waals surface area contributed by atoms with Crippen LogP contribution in [0.25, 0.3) is 0 Å². The Morgan fingerprint density at radius 2 is 2.28 bits per heavy atom. The van der Waals surface area contributed by atoms with Crippen LogP contribution in [0.15, 0.2) is 12.1 Å². The van der Waals surface area contributed by atoms with Gasteiger partial charge in [0.05, 0.1) is 23.4 Å². The summed E-state index contributed by atoms with van der Waals surface area (Å²) in [6.07, 6.45) is 1.31. The minimum Gasteiger partial charge on any atom is -0.384 e. The molecule has 100 valence electrons. The van der Waals surface area contributed by atoms with Crippen molar-refractivity contribution >= 4 is 17.3 Å². The van der Waals surface area contributed by atoms with Gasteiger partial charge in [-0.05, 0) is 37.5 Å². The fourth-order valence-corrected chi connectivity index (χ4v) is 2.69. The van der Waals surface area contributed by atoms with Crippen LogP contribution in [0.1, 0.15) is 17.5 Å². The smallest absolute Gasteiger partial charge is 0.0716 e. The SMILES string of the molecule is Cc1cc(C)c(NCCC2CNCCO2)c(Cl)c1. The van der Waals surface area contributed by atoms with Crippen LogP contribution in [-0.2, 0) is 4.74 Å². The molecule has 0 amide bonds. The molecule has 1 aliphatic rings. The van der Waals surface area contributed by atoms with Gasteiger partial charge >= 0.3 is 0 Å². The predicted molar refractivity (Wildman–Crippen MR) is 76.6 cm³/mol. The molecule has 0 spiro atoms. The Morgan fingerprint density at radius 1 is 1.44 bits per heavy atom. The number of rotatable bonds is 4. The third-order valence-electron chi connectivity index (χ3n) is 3.20. The Hall–Kier alpha value is -0.770. The fourth-order valence-electron chi connectivity index (χ4n) is 2.30. The molecule has 4 heteroatoms. The Morgan fingerprint density at radius 3 is 2.94 bits per heavy atom. The van der Waals surface area contributed by atoms with E-state index in [2.05, 4.69) is 30.5 Å². The van der Waals surface area contributed by atoms with Crippen molar-refractivity contribution < 1.29 is 4.74 Å². The zero-order valence-corrected chi connectivity index (χ0v) is 11.8. The summed E-state index contributed by atoms with van der Waals surface area (Å²) in [7, 11) is 0. The summed E-state index contributed by atoms with van der Waals surface area (Å²) in [6, 6.07) is 4.14. The lowest BCUT2D eigenvalue weighted by atomic mass is 10.1. The topological polar surface area (TPSA) is 33.3 Å². The van der Waals surface area contributed by atoms with Crippen molar-refractivity contribution in [3.05, 3.63) is 28.3 Å². The lowest BCUT2D eigenvalue weighted by Crippen LogP contribution is -2.39. The maximum absolute atomic E-state index is 6.25. The second-order valence-electron chi connectivity index (χ2n) is 4.85. The number of benzene rings is 1.